The van der Waals surface area contributed by atoms with E-state index in [0.717, 1.165) is 24.3 Å². The maximum atomic E-state index is 13.3. The molecule has 2 aliphatic heterocycles. The number of nitrogens with zero attached hydrogens (tertiary/aromatic N) is 1. The van der Waals surface area contributed by atoms with Gasteiger partial charge in [0.05, 0.1) is 40.0 Å². The van der Waals surface area contributed by atoms with Gasteiger partial charge in [-0.05, 0) is 49.6 Å². The Morgan fingerprint density at radius 2 is 1.79 bits per heavy atom. The van der Waals surface area contributed by atoms with Crippen LogP contribution in [0.2, 0.25) is 0 Å². The Bertz CT molecular complexity index is 1220. The summed E-state index contributed by atoms with van der Waals surface area (Å²) < 4.78 is 131. The van der Waals surface area contributed by atoms with Gasteiger partial charge in [0, 0.05) is 6.61 Å². The summed E-state index contributed by atoms with van der Waals surface area (Å²) in [6.45, 7) is 1.09. The predicted octanol–water partition coefficient (Wildman–Crippen LogP) is 4.12. The number of aliphatic imine (C=N–C) groups is 1. The van der Waals surface area contributed by atoms with E-state index in [4.69, 9.17) is 4.74 Å². The summed E-state index contributed by atoms with van der Waals surface area (Å²) in [7, 11) is -8.57. The number of halogens is 6. The van der Waals surface area contributed by atoms with Crippen molar-refractivity contribution < 1.29 is 47.9 Å². The van der Waals surface area contributed by atoms with E-state index in [1.54, 1.807) is 0 Å². The smallest absolute Gasteiger partial charge is 0.374 e. The average molecular weight is 534 g/mol. The topological polar surface area (TPSA) is 89.9 Å². The van der Waals surface area contributed by atoms with Gasteiger partial charge in [-0.25, -0.2) is 16.8 Å². The quantitative estimate of drug-likeness (QED) is 0.532. The number of ether oxygens (including phenoxy) is 1. The third-order valence-electron chi connectivity index (χ3n) is 5.80. The first kappa shape index (κ1) is 26.7. The molecule has 190 valence electrons. The third kappa shape index (κ3) is 5.65. The van der Waals surface area contributed by atoms with Crippen molar-refractivity contribution >= 4 is 24.7 Å². The van der Waals surface area contributed by atoms with Crippen LogP contribution in [0, 0.1) is 0 Å². The molecule has 0 amide bonds. The average Bonchev–Trinajstić information content (AvgIpc) is 3.23. The van der Waals surface area contributed by atoms with E-state index in [1.165, 1.54) is 6.92 Å². The van der Waals surface area contributed by atoms with Crippen molar-refractivity contribution in [2.75, 3.05) is 18.9 Å². The molecule has 0 aliphatic carbocycles. The van der Waals surface area contributed by atoms with E-state index >= 15 is 0 Å². The van der Waals surface area contributed by atoms with Crippen LogP contribution in [-0.2, 0) is 30.6 Å². The molecular formula is C20H21F6NO5S2. The molecule has 0 aromatic heterocycles. The van der Waals surface area contributed by atoms with Gasteiger partial charge in [-0.2, -0.15) is 26.3 Å². The van der Waals surface area contributed by atoms with E-state index in [2.05, 4.69) is 4.99 Å². The summed E-state index contributed by atoms with van der Waals surface area (Å²) >= 11 is 0. The van der Waals surface area contributed by atoms with Crippen molar-refractivity contribution in [1.82, 2.24) is 0 Å². The van der Waals surface area contributed by atoms with E-state index in [9.17, 15) is 43.2 Å². The molecule has 1 fully saturated rings. The highest BCUT2D eigenvalue weighted by molar-refractivity contribution is 8.06. The fourth-order valence-corrected chi connectivity index (χ4v) is 6.87. The summed E-state index contributed by atoms with van der Waals surface area (Å²) in [5.41, 5.74) is -0.836. The highest BCUT2D eigenvalue weighted by Crippen LogP contribution is 2.40. The molecule has 2 unspecified atom stereocenters. The van der Waals surface area contributed by atoms with Gasteiger partial charge in [0.1, 0.15) is 0 Å². The predicted molar refractivity (Wildman–Crippen MR) is 111 cm³/mol. The second kappa shape index (κ2) is 8.94. The summed E-state index contributed by atoms with van der Waals surface area (Å²) in [5.74, 6) is -1.17. The van der Waals surface area contributed by atoms with Gasteiger partial charge < -0.3 is 4.74 Å². The highest BCUT2D eigenvalue weighted by Gasteiger charge is 2.46. The highest BCUT2D eigenvalue weighted by atomic mass is 32.2. The number of hydrogen-bond acceptors (Lipinski definition) is 6. The fourth-order valence-electron chi connectivity index (χ4n) is 3.73. The Morgan fingerprint density at radius 1 is 1.12 bits per heavy atom. The number of hydrogen-bond donors (Lipinski definition) is 0. The first-order chi connectivity index (χ1) is 15.4. The normalized spacial score (nSPS) is 24.6. The minimum Gasteiger partial charge on any atom is -0.374 e. The zero-order valence-corrected chi connectivity index (χ0v) is 19.4. The van der Waals surface area contributed by atoms with Gasteiger partial charge in [0.25, 0.3) is 0 Å². The molecule has 1 aromatic carbocycles. The molecule has 3 rings (SSSR count). The van der Waals surface area contributed by atoms with Gasteiger partial charge in [-0.3, -0.25) is 4.99 Å². The Morgan fingerprint density at radius 3 is 2.41 bits per heavy atom. The number of alkyl halides is 6. The van der Waals surface area contributed by atoms with Crippen molar-refractivity contribution in [3.8, 4) is 0 Å². The van der Waals surface area contributed by atoms with Crippen LogP contribution in [0.3, 0.4) is 0 Å². The van der Waals surface area contributed by atoms with Crippen molar-refractivity contribution in [3.05, 3.63) is 41.5 Å². The molecule has 14 heteroatoms. The fraction of sp³-hybridized carbons (Fsp3) is 0.550. The maximum Gasteiger partial charge on any atom is 0.416 e. The van der Waals surface area contributed by atoms with Crippen LogP contribution in [0.25, 0.3) is 0 Å². The van der Waals surface area contributed by atoms with Crippen molar-refractivity contribution in [3.63, 3.8) is 0 Å². The van der Waals surface area contributed by atoms with E-state index < -0.39 is 70.6 Å². The third-order valence-corrected chi connectivity index (χ3v) is 9.97. The van der Waals surface area contributed by atoms with Gasteiger partial charge >= 0.3 is 12.4 Å². The molecule has 34 heavy (non-hydrogen) atoms. The number of sulfone groups is 2. The Hall–Kier alpha value is -1.93. The molecule has 2 heterocycles. The lowest BCUT2D eigenvalue weighted by Crippen LogP contribution is -2.45. The zero-order chi connectivity index (χ0) is 25.6. The minimum absolute atomic E-state index is 0.0209. The van der Waals surface area contributed by atoms with Crippen LogP contribution >= 0.6 is 0 Å². The monoisotopic (exact) mass is 533 g/mol. The first-order valence-corrected chi connectivity index (χ1v) is 13.2. The Kier molecular flexibility index (Phi) is 7.01. The molecule has 1 aromatic rings. The van der Waals surface area contributed by atoms with Crippen LogP contribution in [0.4, 0.5) is 26.3 Å². The van der Waals surface area contributed by atoms with Crippen molar-refractivity contribution in [2.24, 2.45) is 4.99 Å². The van der Waals surface area contributed by atoms with E-state index in [1.807, 2.05) is 0 Å². The van der Waals surface area contributed by atoms with Gasteiger partial charge in [0.2, 0.25) is 0 Å². The second-order valence-electron chi connectivity index (χ2n) is 8.35. The number of rotatable bonds is 5. The molecule has 0 N–H and O–H groups in total. The van der Waals surface area contributed by atoms with E-state index in [-0.39, 0.29) is 31.6 Å². The zero-order valence-electron chi connectivity index (χ0n) is 17.8. The van der Waals surface area contributed by atoms with Gasteiger partial charge in [0.15, 0.2) is 24.7 Å². The SMILES string of the molecule is CC1(S(=O)(=O)c2cccc(C(F)(F)F)c2)CCOC(C2=CC(S(=O)(=O)CCC(F)(F)F)=NC2)C1. The van der Waals surface area contributed by atoms with Gasteiger partial charge in [-0.15, -0.1) is 0 Å². The summed E-state index contributed by atoms with van der Waals surface area (Å²) in [4.78, 5) is 3.28. The maximum absolute atomic E-state index is 13.3. The molecule has 0 saturated carbocycles. The first-order valence-electron chi connectivity index (χ1n) is 10.0. The Labute approximate surface area is 192 Å². The molecule has 0 spiro atoms. The molecule has 2 aliphatic rings. The van der Waals surface area contributed by atoms with E-state index in [0.29, 0.717) is 6.07 Å². The lowest BCUT2D eigenvalue weighted by Gasteiger charge is -2.38. The number of benzene rings is 1. The van der Waals surface area contributed by atoms with Crippen LogP contribution in [-0.4, -0.2) is 57.8 Å². The summed E-state index contributed by atoms with van der Waals surface area (Å²) in [6.07, 6.45) is -11.0. The second-order valence-corrected chi connectivity index (χ2v) is 12.9. The lowest BCUT2D eigenvalue weighted by atomic mass is 9.92. The van der Waals surface area contributed by atoms with Crippen molar-refractivity contribution in [2.45, 2.75) is 54.3 Å². The van der Waals surface area contributed by atoms with Crippen LogP contribution in [0.5, 0.6) is 0 Å². The van der Waals surface area contributed by atoms with Crippen LogP contribution < -0.4 is 0 Å². The lowest BCUT2D eigenvalue weighted by molar-refractivity contribution is -0.137. The van der Waals surface area contributed by atoms with Crippen LogP contribution in [0.1, 0.15) is 31.7 Å². The Balaban J connectivity index is 1.82. The minimum atomic E-state index is -4.73. The molecule has 6 nitrogen and oxygen atoms in total. The molecule has 2 atom stereocenters. The molecule has 0 radical (unpaired) electrons. The van der Waals surface area contributed by atoms with Crippen LogP contribution in [0.15, 0.2) is 45.8 Å². The largest absolute Gasteiger partial charge is 0.416 e. The summed E-state index contributed by atoms with van der Waals surface area (Å²) in [6, 6.07) is 3.40. The molecule has 0 bridgehead atoms. The molecule has 1 saturated heterocycles. The molecular weight excluding hydrogens is 512 g/mol. The summed E-state index contributed by atoms with van der Waals surface area (Å²) in [5, 5.41) is -0.539. The van der Waals surface area contributed by atoms with Gasteiger partial charge in [-0.1, -0.05) is 6.07 Å². The standard InChI is InChI=1S/C20H21F6NO5S2/c1-18(34(30,31)15-4-2-3-14(10-15)20(24,25)26)5-7-32-16(11-18)13-9-17(27-12-13)33(28,29)8-6-19(21,22)23/h2-4,9-10,16H,5-8,11-12H2,1H3. The van der Waals surface area contributed by atoms with Crippen molar-refractivity contribution in [1.29, 1.82) is 0 Å².